The van der Waals surface area contributed by atoms with E-state index in [1.165, 1.54) is 4.88 Å². The highest BCUT2D eigenvalue weighted by Gasteiger charge is 2.20. The molecule has 0 saturated carbocycles. The number of rotatable bonds is 8. The lowest BCUT2D eigenvalue weighted by molar-refractivity contribution is -0.128. The average Bonchev–Trinajstić information content (AvgIpc) is 2.98. The Morgan fingerprint density at radius 2 is 1.92 bits per heavy atom. The zero-order chi connectivity index (χ0) is 18.0. The van der Waals surface area contributed by atoms with Gasteiger partial charge in [-0.1, -0.05) is 27.7 Å². The van der Waals surface area contributed by atoms with Gasteiger partial charge in [-0.3, -0.25) is 9.79 Å². The molecule has 0 aliphatic carbocycles. The Kier molecular flexibility index (Phi) is 8.74. The molecule has 0 aliphatic heterocycles. The number of carbonyl (C=O) groups is 1. The summed E-state index contributed by atoms with van der Waals surface area (Å²) in [7, 11) is 0. The third-order valence-electron chi connectivity index (χ3n) is 3.27. The maximum Gasteiger partial charge on any atom is 0.225 e. The lowest BCUT2D eigenvalue weighted by Gasteiger charge is -2.18. The second kappa shape index (κ2) is 10.3. The average molecular weight is 354 g/mol. The summed E-state index contributed by atoms with van der Waals surface area (Å²) in [5.41, 5.74) is -0.358. The van der Waals surface area contributed by atoms with Crippen LogP contribution in [0.3, 0.4) is 0 Å². The van der Waals surface area contributed by atoms with Crippen molar-refractivity contribution in [3.63, 3.8) is 0 Å². The van der Waals surface area contributed by atoms with Crippen LogP contribution in [0, 0.1) is 5.41 Å². The van der Waals surface area contributed by atoms with Crippen LogP contribution < -0.4 is 16.0 Å². The number of aryl methyl sites for hydroxylation is 1. The topological polar surface area (TPSA) is 78.4 Å². The first-order chi connectivity index (χ1) is 11.4. The van der Waals surface area contributed by atoms with E-state index in [0.717, 1.165) is 30.4 Å². The molecule has 3 N–H and O–H groups in total. The first-order valence-corrected chi connectivity index (χ1v) is 9.42. The van der Waals surface area contributed by atoms with Gasteiger partial charge in [0, 0.05) is 49.1 Å². The number of hydrogen-bond acceptors (Lipinski definition) is 4. The van der Waals surface area contributed by atoms with Crippen molar-refractivity contribution in [3.05, 3.63) is 16.1 Å². The van der Waals surface area contributed by atoms with Crippen molar-refractivity contribution in [3.8, 4) is 0 Å². The van der Waals surface area contributed by atoms with Gasteiger partial charge >= 0.3 is 0 Å². The van der Waals surface area contributed by atoms with E-state index in [1.54, 1.807) is 11.3 Å². The first-order valence-electron chi connectivity index (χ1n) is 8.60. The van der Waals surface area contributed by atoms with E-state index in [-0.39, 0.29) is 11.3 Å². The van der Waals surface area contributed by atoms with Crippen LogP contribution >= 0.6 is 11.3 Å². The first kappa shape index (κ1) is 20.4. The minimum atomic E-state index is -0.358. The van der Waals surface area contributed by atoms with E-state index in [2.05, 4.69) is 32.9 Å². The Hall–Kier alpha value is -1.63. The van der Waals surface area contributed by atoms with E-state index in [9.17, 15) is 4.79 Å². The van der Waals surface area contributed by atoms with Gasteiger partial charge in [0.1, 0.15) is 0 Å². The standard InChI is InChI=1S/C17H31N5OS/c1-6-13-12-22-14(24-13)8-9-20-16(18-7-2)21-11-10-19-15(23)17(3,4)5/h12H,6-11H2,1-5H3,(H,19,23)(H2,18,20,21). The summed E-state index contributed by atoms with van der Waals surface area (Å²) in [5, 5.41) is 10.5. The van der Waals surface area contributed by atoms with Gasteiger partial charge in [0.25, 0.3) is 0 Å². The zero-order valence-electron chi connectivity index (χ0n) is 15.5. The van der Waals surface area contributed by atoms with Crippen molar-refractivity contribution in [1.29, 1.82) is 0 Å². The van der Waals surface area contributed by atoms with Crippen LogP contribution in [0.5, 0.6) is 0 Å². The molecule has 1 rings (SSSR count). The molecule has 0 saturated heterocycles. The van der Waals surface area contributed by atoms with Gasteiger partial charge in [-0.05, 0) is 13.3 Å². The van der Waals surface area contributed by atoms with Crippen LogP contribution in [0.15, 0.2) is 11.2 Å². The second-order valence-corrected chi connectivity index (χ2v) is 7.72. The molecule has 0 spiro atoms. The molecule has 1 aromatic heterocycles. The molecule has 0 aromatic carbocycles. The number of amides is 1. The van der Waals surface area contributed by atoms with Gasteiger partial charge in [-0.25, -0.2) is 4.98 Å². The van der Waals surface area contributed by atoms with Crippen LogP contribution in [0.4, 0.5) is 0 Å². The van der Waals surface area contributed by atoms with Gasteiger partial charge in [0.15, 0.2) is 5.96 Å². The van der Waals surface area contributed by atoms with Crippen molar-refractivity contribution >= 4 is 23.2 Å². The minimum Gasteiger partial charge on any atom is -0.357 e. The molecule has 1 heterocycles. The number of carbonyl (C=O) groups excluding carboxylic acids is 1. The number of aliphatic imine (C=N–C) groups is 1. The fraction of sp³-hybridized carbons (Fsp3) is 0.706. The highest BCUT2D eigenvalue weighted by Crippen LogP contribution is 2.13. The third-order valence-corrected chi connectivity index (χ3v) is 4.48. The normalized spacial score (nSPS) is 12.1. The van der Waals surface area contributed by atoms with Gasteiger partial charge in [0.2, 0.25) is 5.91 Å². The molecule has 24 heavy (non-hydrogen) atoms. The van der Waals surface area contributed by atoms with E-state index in [0.29, 0.717) is 19.6 Å². The van der Waals surface area contributed by atoms with Crippen LogP contribution in [-0.4, -0.2) is 43.0 Å². The van der Waals surface area contributed by atoms with E-state index >= 15 is 0 Å². The van der Waals surface area contributed by atoms with E-state index in [4.69, 9.17) is 0 Å². The predicted octanol–water partition coefficient (Wildman–Crippen LogP) is 1.97. The Morgan fingerprint density at radius 3 is 2.50 bits per heavy atom. The van der Waals surface area contributed by atoms with E-state index in [1.807, 2.05) is 33.9 Å². The highest BCUT2D eigenvalue weighted by molar-refractivity contribution is 7.11. The van der Waals surface area contributed by atoms with Crippen molar-refractivity contribution in [1.82, 2.24) is 20.9 Å². The van der Waals surface area contributed by atoms with Crippen molar-refractivity contribution in [2.24, 2.45) is 10.4 Å². The van der Waals surface area contributed by atoms with Gasteiger partial charge in [-0.2, -0.15) is 0 Å². The molecule has 0 bridgehead atoms. The third kappa shape index (κ3) is 7.77. The van der Waals surface area contributed by atoms with Gasteiger partial charge in [0.05, 0.1) is 5.01 Å². The summed E-state index contributed by atoms with van der Waals surface area (Å²) >= 11 is 1.76. The van der Waals surface area contributed by atoms with Gasteiger partial charge < -0.3 is 16.0 Å². The summed E-state index contributed by atoms with van der Waals surface area (Å²) in [5.74, 6) is 0.830. The number of thiazole rings is 1. The molecule has 0 unspecified atom stereocenters. The van der Waals surface area contributed by atoms with Crippen LogP contribution in [-0.2, 0) is 17.6 Å². The second-order valence-electron chi connectivity index (χ2n) is 6.52. The molecule has 1 aromatic rings. The molecule has 0 radical (unpaired) electrons. The lowest BCUT2D eigenvalue weighted by Crippen LogP contribution is -2.43. The Balaban J connectivity index is 2.35. The summed E-state index contributed by atoms with van der Waals surface area (Å²) in [6.45, 7) is 12.6. The molecule has 136 valence electrons. The molecular weight excluding hydrogens is 322 g/mol. The Bertz CT molecular complexity index is 533. The zero-order valence-corrected chi connectivity index (χ0v) is 16.3. The number of nitrogens with one attached hydrogen (secondary N) is 3. The van der Waals surface area contributed by atoms with Crippen molar-refractivity contribution in [2.45, 2.75) is 47.5 Å². The summed E-state index contributed by atoms with van der Waals surface area (Å²) in [6.07, 6.45) is 3.83. The smallest absolute Gasteiger partial charge is 0.225 e. The summed E-state index contributed by atoms with van der Waals surface area (Å²) in [6, 6.07) is 0. The summed E-state index contributed by atoms with van der Waals surface area (Å²) < 4.78 is 0. The SMILES string of the molecule is CCNC(=NCCc1ncc(CC)s1)NCCNC(=O)C(C)(C)C. The number of aromatic nitrogens is 1. The van der Waals surface area contributed by atoms with Crippen LogP contribution in [0.25, 0.3) is 0 Å². The molecule has 0 aliphatic rings. The fourth-order valence-electron chi connectivity index (χ4n) is 1.85. The summed E-state index contributed by atoms with van der Waals surface area (Å²) in [4.78, 5) is 22.1. The number of nitrogens with zero attached hydrogens (tertiary/aromatic N) is 2. The predicted molar refractivity (Wildman–Crippen MR) is 102 cm³/mol. The largest absolute Gasteiger partial charge is 0.357 e. The monoisotopic (exact) mass is 353 g/mol. The lowest BCUT2D eigenvalue weighted by atomic mass is 9.96. The van der Waals surface area contributed by atoms with Gasteiger partial charge in [-0.15, -0.1) is 11.3 Å². The molecular formula is C17H31N5OS. The van der Waals surface area contributed by atoms with Crippen molar-refractivity contribution < 1.29 is 4.79 Å². The highest BCUT2D eigenvalue weighted by atomic mass is 32.1. The molecule has 0 atom stereocenters. The molecule has 1 amide bonds. The number of hydrogen-bond donors (Lipinski definition) is 3. The quantitative estimate of drug-likeness (QED) is 0.379. The number of guanidine groups is 1. The molecule has 7 heteroatoms. The minimum absolute atomic E-state index is 0.0572. The Labute approximate surface area is 149 Å². The maximum atomic E-state index is 11.8. The maximum absolute atomic E-state index is 11.8. The molecule has 0 fully saturated rings. The Morgan fingerprint density at radius 1 is 1.21 bits per heavy atom. The fourth-order valence-corrected chi connectivity index (χ4v) is 2.71. The molecule has 6 nitrogen and oxygen atoms in total. The van der Waals surface area contributed by atoms with Crippen molar-refractivity contribution in [2.75, 3.05) is 26.2 Å². The van der Waals surface area contributed by atoms with Crippen LogP contribution in [0.2, 0.25) is 0 Å². The van der Waals surface area contributed by atoms with Crippen LogP contribution in [0.1, 0.15) is 44.5 Å². The van der Waals surface area contributed by atoms with E-state index < -0.39 is 0 Å².